The normalized spacial score (nSPS) is 15.7. The molecule has 168 valence electrons. The van der Waals surface area contributed by atoms with Crippen molar-refractivity contribution < 1.29 is 18.7 Å². The number of piperidine rings is 1. The number of carbonyl (C=O) groups excluding carboxylic acids is 2. The van der Waals surface area contributed by atoms with Crippen molar-refractivity contribution >= 4 is 11.8 Å². The van der Waals surface area contributed by atoms with Crippen molar-refractivity contribution in [3.8, 4) is 0 Å². The Balaban J connectivity index is 1.64. The highest BCUT2D eigenvalue weighted by atomic mass is 19.1. The highest BCUT2D eigenvalue weighted by Crippen LogP contribution is 2.27. The van der Waals surface area contributed by atoms with E-state index in [4.69, 9.17) is 4.74 Å². The van der Waals surface area contributed by atoms with E-state index in [9.17, 15) is 14.0 Å². The van der Waals surface area contributed by atoms with Crippen molar-refractivity contribution in [1.29, 1.82) is 0 Å². The Morgan fingerprint density at radius 3 is 2.48 bits per heavy atom. The molecule has 0 spiro atoms. The summed E-state index contributed by atoms with van der Waals surface area (Å²) >= 11 is 0. The SMILES string of the molecule is COCC(=O)N(C)C(Cc1ccc(F)cc1)C1CCN(C(=O)Cn2ccc(C)n2)CC1. The van der Waals surface area contributed by atoms with Crippen LogP contribution in [0.25, 0.3) is 0 Å². The first-order valence-corrected chi connectivity index (χ1v) is 10.6. The molecular formula is C23H31FN4O3. The Labute approximate surface area is 182 Å². The Morgan fingerprint density at radius 2 is 1.90 bits per heavy atom. The zero-order valence-electron chi connectivity index (χ0n) is 18.5. The smallest absolute Gasteiger partial charge is 0.248 e. The number of hydrogen-bond acceptors (Lipinski definition) is 4. The number of nitrogens with zero attached hydrogens (tertiary/aromatic N) is 4. The highest BCUT2D eigenvalue weighted by molar-refractivity contribution is 5.77. The van der Waals surface area contributed by atoms with Gasteiger partial charge in [0.25, 0.3) is 0 Å². The molecule has 2 aromatic rings. The van der Waals surface area contributed by atoms with Gasteiger partial charge in [-0.05, 0) is 55.9 Å². The van der Waals surface area contributed by atoms with Gasteiger partial charge in [-0.25, -0.2) is 4.39 Å². The molecule has 31 heavy (non-hydrogen) atoms. The minimum absolute atomic E-state index is 0.0248. The molecule has 7 nitrogen and oxygen atoms in total. The fourth-order valence-corrected chi connectivity index (χ4v) is 4.22. The van der Waals surface area contributed by atoms with E-state index in [0.717, 1.165) is 24.1 Å². The molecule has 2 amide bonds. The summed E-state index contributed by atoms with van der Waals surface area (Å²) in [4.78, 5) is 28.8. The van der Waals surface area contributed by atoms with Crippen molar-refractivity contribution in [2.75, 3.05) is 33.9 Å². The number of likely N-dealkylation sites (tertiary alicyclic amines) is 1. The Kier molecular flexibility index (Phi) is 7.79. The number of amides is 2. The quantitative estimate of drug-likeness (QED) is 0.645. The second kappa shape index (κ2) is 10.5. The zero-order chi connectivity index (χ0) is 22.4. The molecule has 3 rings (SSSR count). The van der Waals surface area contributed by atoms with Gasteiger partial charge in [0, 0.05) is 39.5 Å². The lowest BCUT2D eigenvalue weighted by Crippen LogP contribution is -2.49. The van der Waals surface area contributed by atoms with E-state index in [1.54, 1.807) is 28.8 Å². The molecule has 8 heteroatoms. The maximum Gasteiger partial charge on any atom is 0.248 e. The van der Waals surface area contributed by atoms with Crippen molar-refractivity contribution in [3.05, 3.63) is 53.6 Å². The summed E-state index contributed by atoms with van der Waals surface area (Å²) in [6, 6.07) is 8.26. The van der Waals surface area contributed by atoms with Gasteiger partial charge in [-0.3, -0.25) is 14.3 Å². The van der Waals surface area contributed by atoms with Gasteiger partial charge < -0.3 is 14.5 Å². The number of halogens is 1. The van der Waals surface area contributed by atoms with Gasteiger partial charge in [0.1, 0.15) is 19.0 Å². The van der Waals surface area contributed by atoms with Gasteiger partial charge in [0.2, 0.25) is 11.8 Å². The summed E-state index contributed by atoms with van der Waals surface area (Å²) in [6.07, 6.45) is 4.06. The van der Waals surface area contributed by atoms with E-state index < -0.39 is 0 Å². The van der Waals surface area contributed by atoms with Crippen LogP contribution in [0, 0.1) is 18.7 Å². The van der Waals surface area contributed by atoms with Crippen LogP contribution in [0.2, 0.25) is 0 Å². The van der Waals surface area contributed by atoms with Crippen molar-refractivity contribution in [1.82, 2.24) is 19.6 Å². The van der Waals surface area contributed by atoms with Crippen LogP contribution in [0.5, 0.6) is 0 Å². The van der Waals surface area contributed by atoms with E-state index in [2.05, 4.69) is 5.10 Å². The maximum absolute atomic E-state index is 13.3. The number of ether oxygens (including phenoxy) is 1. The third kappa shape index (κ3) is 6.13. The Bertz CT molecular complexity index is 875. The third-order valence-corrected chi connectivity index (χ3v) is 6.02. The zero-order valence-corrected chi connectivity index (χ0v) is 18.5. The Morgan fingerprint density at radius 1 is 1.23 bits per heavy atom. The first-order chi connectivity index (χ1) is 14.9. The van der Waals surface area contributed by atoms with Gasteiger partial charge in [-0.1, -0.05) is 12.1 Å². The van der Waals surface area contributed by atoms with E-state index in [1.807, 2.05) is 24.1 Å². The molecule has 0 radical (unpaired) electrons. The molecule has 0 N–H and O–H groups in total. The minimum Gasteiger partial charge on any atom is -0.375 e. The molecule has 0 aliphatic carbocycles. The van der Waals surface area contributed by atoms with Gasteiger partial charge in [0.05, 0.1) is 5.69 Å². The second-order valence-corrected chi connectivity index (χ2v) is 8.21. The molecule has 1 atom stereocenters. The van der Waals surface area contributed by atoms with Crippen LogP contribution in [-0.2, 0) is 27.3 Å². The van der Waals surface area contributed by atoms with Crippen molar-refractivity contribution in [3.63, 3.8) is 0 Å². The van der Waals surface area contributed by atoms with Crippen molar-refractivity contribution in [2.24, 2.45) is 5.92 Å². The summed E-state index contributed by atoms with van der Waals surface area (Å²) in [5.41, 5.74) is 1.87. The molecule has 0 saturated carbocycles. The topological polar surface area (TPSA) is 67.7 Å². The summed E-state index contributed by atoms with van der Waals surface area (Å²) < 4.78 is 20.0. The number of hydrogen-bond donors (Lipinski definition) is 0. The first-order valence-electron chi connectivity index (χ1n) is 10.6. The number of rotatable bonds is 8. The summed E-state index contributed by atoms with van der Waals surface area (Å²) in [6.45, 7) is 3.46. The number of carbonyl (C=O) groups is 2. The predicted molar refractivity (Wildman–Crippen MR) is 115 cm³/mol. The molecule has 1 aromatic heterocycles. The molecular weight excluding hydrogens is 399 g/mol. The van der Waals surface area contributed by atoms with Crippen LogP contribution in [0.4, 0.5) is 4.39 Å². The monoisotopic (exact) mass is 430 g/mol. The minimum atomic E-state index is -0.275. The maximum atomic E-state index is 13.3. The van der Waals surface area contributed by atoms with E-state index in [0.29, 0.717) is 19.5 Å². The molecule has 1 aromatic carbocycles. The van der Waals surface area contributed by atoms with Crippen LogP contribution in [0.3, 0.4) is 0 Å². The summed E-state index contributed by atoms with van der Waals surface area (Å²) in [5, 5.41) is 4.29. The average molecular weight is 431 g/mol. The molecule has 0 bridgehead atoms. The van der Waals surface area contributed by atoms with Crippen molar-refractivity contribution in [2.45, 2.75) is 38.8 Å². The second-order valence-electron chi connectivity index (χ2n) is 8.21. The lowest BCUT2D eigenvalue weighted by atomic mass is 9.85. The molecule has 1 unspecified atom stereocenters. The van der Waals surface area contributed by atoms with E-state index in [1.165, 1.54) is 19.2 Å². The molecule has 1 aliphatic rings. The molecule has 1 saturated heterocycles. The average Bonchev–Trinajstić information content (AvgIpc) is 3.17. The standard InChI is InChI=1S/C23H31FN4O3/c1-17-8-13-28(25-17)15-22(29)27-11-9-19(10-12-27)21(26(2)23(30)16-31-3)14-18-4-6-20(24)7-5-18/h4-8,13,19,21H,9-12,14-16H2,1-3H3. The van der Waals surface area contributed by atoms with Gasteiger partial charge in [-0.2, -0.15) is 5.10 Å². The van der Waals surface area contributed by atoms with Crippen LogP contribution in [0.1, 0.15) is 24.1 Å². The number of likely N-dealkylation sites (N-methyl/N-ethyl adjacent to an activating group) is 1. The van der Waals surface area contributed by atoms with Gasteiger partial charge in [0.15, 0.2) is 0 Å². The third-order valence-electron chi connectivity index (χ3n) is 6.02. The first kappa shape index (κ1) is 22.9. The molecule has 1 fully saturated rings. The number of aryl methyl sites for hydroxylation is 1. The van der Waals surface area contributed by atoms with E-state index in [-0.39, 0.29) is 42.7 Å². The fourth-order valence-electron chi connectivity index (χ4n) is 4.22. The van der Waals surface area contributed by atoms with E-state index >= 15 is 0 Å². The number of aromatic nitrogens is 2. The fraction of sp³-hybridized carbons (Fsp3) is 0.522. The Hall–Kier alpha value is -2.74. The molecule has 2 heterocycles. The van der Waals surface area contributed by atoms with Gasteiger partial charge >= 0.3 is 0 Å². The number of benzene rings is 1. The molecule has 1 aliphatic heterocycles. The summed E-state index contributed by atoms with van der Waals surface area (Å²) in [5.74, 6) is -0.0576. The van der Waals surface area contributed by atoms with Crippen LogP contribution >= 0.6 is 0 Å². The number of methoxy groups -OCH3 is 1. The lowest BCUT2D eigenvalue weighted by molar-refractivity contribution is -0.139. The van der Waals surface area contributed by atoms with Crippen LogP contribution in [-0.4, -0.2) is 71.3 Å². The van der Waals surface area contributed by atoms with Crippen LogP contribution in [0.15, 0.2) is 36.5 Å². The summed E-state index contributed by atoms with van der Waals surface area (Å²) in [7, 11) is 3.30. The largest absolute Gasteiger partial charge is 0.375 e. The highest BCUT2D eigenvalue weighted by Gasteiger charge is 2.32. The van der Waals surface area contributed by atoms with Gasteiger partial charge in [-0.15, -0.1) is 0 Å². The lowest BCUT2D eigenvalue weighted by Gasteiger charge is -2.40. The predicted octanol–water partition coefficient (Wildman–Crippen LogP) is 2.29. The van der Waals surface area contributed by atoms with Crippen LogP contribution < -0.4 is 0 Å².